The summed E-state index contributed by atoms with van der Waals surface area (Å²) in [6.07, 6.45) is 0. The maximum absolute atomic E-state index is 11.0. The minimum Gasteiger partial charge on any atom is -0.349 e. The largest absolute Gasteiger partial charge is 0.349 e. The number of amides is 1. The van der Waals surface area contributed by atoms with E-state index in [1.165, 1.54) is 0 Å². The Morgan fingerprint density at radius 1 is 1.50 bits per heavy atom. The molecule has 0 radical (unpaired) electrons. The predicted molar refractivity (Wildman–Crippen MR) is 61.9 cm³/mol. The van der Waals surface area contributed by atoms with Crippen molar-refractivity contribution in [3.8, 4) is 0 Å². The average Bonchev–Trinajstić information content (AvgIpc) is 2.18. The van der Waals surface area contributed by atoms with Gasteiger partial charge < -0.3 is 5.32 Å². The number of carbonyl (C=O) groups excluding carboxylic acids is 1. The molecular formula is C10H12ClNOS. The Hall–Kier alpha value is -0.670. The van der Waals surface area contributed by atoms with E-state index in [4.69, 9.17) is 11.6 Å². The summed E-state index contributed by atoms with van der Waals surface area (Å²) < 4.78 is 0. The maximum atomic E-state index is 11.0. The molecule has 0 bridgehead atoms. The van der Waals surface area contributed by atoms with Crippen LogP contribution in [0.3, 0.4) is 0 Å². The number of hydrogen-bond acceptors (Lipinski definition) is 2. The van der Waals surface area contributed by atoms with Gasteiger partial charge in [0.25, 0.3) is 0 Å². The maximum Gasteiger partial charge on any atom is 0.230 e. The van der Waals surface area contributed by atoms with Crippen molar-refractivity contribution in [3.63, 3.8) is 0 Å². The van der Waals surface area contributed by atoms with Crippen LogP contribution in [0.5, 0.6) is 0 Å². The molecule has 0 fully saturated rings. The summed E-state index contributed by atoms with van der Waals surface area (Å²) in [5.74, 6) is 0.133. The zero-order valence-electron chi connectivity index (χ0n) is 7.83. The van der Waals surface area contributed by atoms with Crippen molar-refractivity contribution in [2.24, 2.45) is 0 Å². The standard InChI is InChI=1S/C10H12ClNOS/c1-7(12-10(13)6-14)8-2-4-9(11)5-3-8/h2-5,7,14H,6H2,1H3,(H,12,13). The van der Waals surface area contributed by atoms with Crippen LogP contribution in [0, 0.1) is 0 Å². The molecule has 0 aromatic heterocycles. The van der Waals surface area contributed by atoms with Gasteiger partial charge in [-0.3, -0.25) is 4.79 Å². The van der Waals surface area contributed by atoms with Crippen molar-refractivity contribution in [2.75, 3.05) is 5.75 Å². The predicted octanol–water partition coefficient (Wildman–Crippen LogP) is 2.45. The molecule has 0 spiro atoms. The molecule has 14 heavy (non-hydrogen) atoms. The molecule has 1 rings (SSSR count). The Morgan fingerprint density at radius 2 is 2.07 bits per heavy atom. The van der Waals surface area contributed by atoms with Crippen molar-refractivity contribution in [1.29, 1.82) is 0 Å². The summed E-state index contributed by atoms with van der Waals surface area (Å²) in [5, 5.41) is 3.50. The number of halogens is 1. The van der Waals surface area contributed by atoms with Gasteiger partial charge in [-0.15, -0.1) is 0 Å². The Balaban J connectivity index is 2.65. The lowest BCUT2D eigenvalue weighted by molar-refractivity contribution is -0.119. The molecule has 1 N–H and O–H groups in total. The molecule has 76 valence electrons. The quantitative estimate of drug-likeness (QED) is 0.766. The van der Waals surface area contributed by atoms with Gasteiger partial charge >= 0.3 is 0 Å². The molecule has 4 heteroatoms. The fourth-order valence-electron chi connectivity index (χ4n) is 1.12. The van der Waals surface area contributed by atoms with Crippen LogP contribution in [0.25, 0.3) is 0 Å². The van der Waals surface area contributed by atoms with Crippen LogP contribution in [0.4, 0.5) is 0 Å². The van der Waals surface area contributed by atoms with Crippen LogP contribution in [-0.4, -0.2) is 11.7 Å². The fourth-order valence-corrected chi connectivity index (χ4v) is 1.34. The normalized spacial score (nSPS) is 12.2. The van der Waals surface area contributed by atoms with Crippen molar-refractivity contribution in [2.45, 2.75) is 13.0 Å². The third-order valence-corrected chi connectivity index (χ3v) is 2.43. The number of carbonyl (C=O) groups is 1. The van der Waals surface area contributed by atoms with Crippen LogP contribution < -0.4 is 5.32 Å². The lowest BCUT2D eigenvalue weighted by Crippen LogP contribution is -2.27. The van der Waals surface area contributed by atoms with Gasteiger partial charge in [-0.25, -0.2) is 0 Å². The monoisotopic (exact) mass is 229 g/mol. The molecule has 1 atom stereocenters. The van der Waals surface area contributed by atoms with Gasteiger partial charge in [0.1, 0.15) is 0 Å². The molecule has 2 nitrogen and oxygen atoms in total. The lowest BCUT2D eigenvalue weighted by Gasteiger charge is -2.13. The van der Waals surface area contributed by atoms with Gasteiger partial charge in [-0.1, -0.05) is 23.7 Å². The molecular weight excluding hydrogens is 218 g/mol. The molecule has 1 unspecified atom stereocenters. The minimum atomic E-state index is -0.0733. The third kappa shape index (κ3) is 3.24. The van der Waals surface area contributed by atoms with Crippen LogP contribution in [0.2, 0.25) is 5.02 Å². The summed E-state index contributed by atoms with van der Waals surface area (Å²) in [6, 6.07) is 7.39. The number of nitrogens with one attached hydrogen (secondary N) is 1. The Kier molecular flexibility index (Phi) is 4.29. The Morgan fingerprint density at radius 3 is 2.57 bits per heavy atom. The molecule has 0 aliphatic carbocycles. The first-order valence-corrected chi connectivity index (χ1v) is 5.30. The highest BCUT2D eigenvalue weighted by Gasteiger charge is 2.07. The summed E-state index contributed by atoms with van der Waals surface area (Å²) >= 11 is 9.64. The highest BCUT2D eigenvalue weighted by atomic mass is 35.5. The van der Waals surface area contributed by atoms with Crippen molar-refractivity contribution in [1.82, 2.24) is 5.32 Å². The summed E-state index contributed by atoms with van der Waals surface area (Å²) in [7, 11) is 0. The van der Waals surface area contributed by atoms with Gasteiger partial charge in [-0.2, -0.15) is 12.6 Å². The average molecular weight is 230 g/mol. The zero-order chi connectivity index (χ0) is 10.6. The third-order valence-electron chi connectivity index (χ3n) is 1.89. The summed E-state index contributed by atoms with van der Waals surface area (Å²) in [5.41, 5.74) is 1.03. The number of hydrogen-bond donors (Lipinski definition) is 2. The van der Waals surface area contributed by atoms with E-state index < -0.39 is 0 Å². The van der Waals surface area contributed by atoms with Crippen LogP contribution >= 0.6 is 24.2 Å². The first kappa shape index (κ1) is 11.4. The number of benzene rings is 1. The van der Waals surface area contributed by atoms with Crippen LogP contribution in [0.15, 0.2) is 24.3 Å². The molecule has 0 heterocycles. The smallest absolute Gasteiger partial charge is 0.230 e. The SMILES string of the molecule is CC(NC(=O)CS)c1ccc(Cl)cc1. The molecule has 0 aliphatic rings. The van der Waals surface area contributed by atoms with E-state index in [9.17, 15) is 4.79 Å². The van der Waals surface area contributed by atoms with Gasteiger partial charge in [0.2, 0.25) is 5.91 Å². The second-order valence-corrected chi connectivity index (χ2v) is 3.75. The van der Waals surface area contributed by atoms with E-state index in [0.29, 0.717) is 5.02 Å². The van der Waals surface area contributed by atoms with Crippen molar-refractivity contribution in [3.05, 3.63) is 34.9 Å². The minimum absolute atomic E-state index is 0.00748. The van der Waals surface area contributed by atoms with E-state index in [2.05, 4.69) is 17.9 Å². The molecule has 0 saturated heterocycles. The van der Waals surface area contributed by atoms with Gasteiger partial charge in [0.15, 0.2) is 0 Å². The number of rotatable bonds is 3. The highest BCUT2D eigenvalue weighted by Crippen LogP contribution is 2.15. The van der Waals surface area contributed by atoms with E-state index >= 15 is 0 Å². The van der Waals surface area contributed by atoms with Crippen LogP contribution in [0.1, 0.15) is 18.5 Å². The fraction of sp³-hybridized carbons (Fsp3) is 0.300. The molecule has 1 aromatic rings. The number of thiol groups is 1. The molecule has 0 aliphatic heterocycles. The van der Waals surface area contributed by atoms with Crippen LogP contribution in [-0.2, 0) is 4.79 Å². The van der Waals surface area contributed by atoms with E-state index in [-0.39, 0.29) is 17.7 Å². The van der Waals surface area contributed by atoms with Crippen molar-refractivity contribution >= 4 is 30.1 Å². The highest BCUT2D eigenvalue weighted by molar-refractivity contribution is 7.81. The first-order valence-electron chi connectivity index (χ1n) is 4.29. The zero-order valence-corrected chi connectivity index (χ0v) is 9.48. The van der Waals surface area contributed by atoms with E-state index in [1.54, 1.807) is 12.1 Å². The van der Waals surface area contributed by atoms with Crippen molar-refractivity contribution < 1.29 is 4.79 Å². The first-order chi connectivity index (χ1) is 6.63. The summed E-state index contributed by atoms with van der Waals surface area (Å²) in [4.78, 5) is 11.0. The Labute approximate surface area is 94.1 Å². The summed E-state index contributed by atoms with van der Waals surface area (Å²) in [6.45, 7) is 1.92. The lowest BCUT2D eigenvalue weighted by atomic mass is 10.1. The van der Waals surface area contributed by atoms with E-state index in [0.717, 1.165) is 5.56 Å². The van der Waals surface area contributed by atoms with Gasteiger partial charge in [0, 0.05) is 5.02 Å². The molecule has 0 saturated carbocycles. The second-order valence-electron chi connectivity index (χ2n) is 3.00. The molecule has 1 amide bonds. The Bertz CT molecular complexity index is 312. The van der Waals surface area contributed by atoms with Gasteiger partial charge in [0.05, 0.1) is 11.8 Å². The second kappa shape index (κ2) is 5.27. The van der Waals surface area contributed by atoms with Gasteiger partial charge in [-0.05, 0) is 24.6 Å². The van der Waals surface area contributed by atoms with E-state index in [1.807, 2.05) is 19.1 Å². The topological polar surface area (TPSA) is 29.1 Å². The molecule has 1 aromatic carbocycles.